The third kappa shape index (κ3) is 4.98. The summed E-state index contributed by atoms with van der Waals surface area (Å²) in [7, 11) is 0. The molecule has 3 unspecified atom stereocenters. The van der Waals surface area contributed by atoms with Crippen LogP contribution in [0.4, 0.5) is 0 Å². The molecule has 1 aliphatic rings. The second-order valence-electron chi connectivity index (χ2n) is 6.56. The monoisotopic (exact) mass is 308 g/mol. The molecule has 0 saturated carbocycles. The summed E-state index contributed by atoms with van der Waals surface area (Å²) in [5.74, 6) is 1.66. The summed E-state index contributed by atoms with van der Waals surface area (Å²) in [6.07, 6.45) is 2.31. The molecule has 0 radical (unpaired) electrons. The molecule has 2 nitrogen and oxygen atoms in total. The van der Waals surface area contributed by atoms with Gasteiger partial charge in [0.15, 0.2) is 0 Å². The minimum absolute atomic E-state index is 0.412. The Morgan fingerprint density at radius 2 is 2.00 bits per heavy atom. The molecule has 0 amide bonds. The summed E-state index contributed by atoms with van der Waals surface area (Å²) in [5.41, 5.74) is 1.32. The van der Waals surface area contributed by atoms with Crippen LogP contribution in [0.25, 0.3) is 0 Å². The van der Waals surface area contributed by atoms with Crippen molar-refractivity contribution in [2.24, 2.45) is 11.8 Å². The zero-order valence-electron chi connectivity index (χ0n) is 13.6. The van der Waals surface area contributed by atoms with Crippen LogP contribution in [-0.2, 0) is 0 Å². The number of hydrogen-bond acceptors (Lipinski definition) is 2. The quantitative estimate of drug-likeness (QED) is 0.805. The van der Waals surface area contributed by atoms with Gasteiger partial charge in [-0.15, -0.1) is 0 Å². The lowest BCUT2D eigenvalue weighted by Crippen LogP contribution is -2.29. The molecule has 1 aromatic rings. The highest BCUT2D eigenvalue weighted by Gasteiger charge is 2.26. The third-order valence-electron chi connectivity index (χ3n) is 4.69. The van der Waals surface area contributed by atoms with Crippen molar-refractivity contribution >= 4 is 11.6 Å². The molecule has 0 spiro atoms. The summed E-state index contributed by atoms with van der Waals surface area (Å²) in [6.45, 7) is 11.7. The predicted molar refractivity (Wildman–Crippen MR) is 91.9 cm³/mol. The van der Waals surface area contributed by atoms with Crippen LogP contribution < -0.4 is 5.32 Å². The lowest BCUT2D eigenvalue weighted by molar-refractivity contribution is 0.298. The van der Waals surface area contributed by atoms with E-state index >= 15 is 0 Å². The molecule has 1 N–H and O–H groups in total. The smallest absolute Gasteiger partial charge is 0.0409 e. The van der Waals surface area contributed by atoms with Crippen molar-refractivity contribution in [1.82, 2.24) is 10.2 Å². The maximum atomic E-state index is 6.15. The molecule has 1 aliphatic heterocycles. The van der Waals surface area contributed by atoms with Gasteiger partial charge in [0, 0.05) is 24.2 Å². The number of rotatable bonds is 7. The zero-order chi connectivity index (χ0) is 15.2. The van der Waals surface area contributed by atoms with Gasteiger partial charge >= 0.3 is 0 Å². The van der Waals surface area contributed by atoms with Crippen LogP contribution in [0, 0.1) is 11.8 Å². The van der Waals surface area contributed by atoms with Crippen molar-refractivity contribution in [3.05, 3.63) is 34.9 Å². The van der Waals surface area contributed by atoms with E-state index in [1.807, 2.05) is 6.07 Å². The Balaban J connectivity index is 1.93. The Labute approximate surface area is 134 Å². The number of likely N-dealkylation sites (tertiary alicyclic amines) is 1. The SMILES string of the molecule is CCCNC(CCN1CC(C)C(C)C1)c1cccc(Cl)c1. The normalized spacial score (nSPS) is 24.4. The highest BCUT2D eigenvalue weighted by molar-refractivity contribution is 6.30. The largest absolute Gasteiger partial charge is 0.310 e. The molecule has 2 rings (SSSR count). The van der Waals surface area contributed by atoms with E-state index in [0.29, 0.717) is 6.04 Å². The maximum Gasteiger partial charge on any atom is 0.0409 e. The molecule has 0 aromatic heterocycles. The standard InChI is InChI=1S/C18H29ClN2/c1-4-9-20-18(16-6-5-7-17(19)11-16)8-10-21-12-14(2)15(3)13-21/h5-7,11,14-15,18,20H,4,8-10,12-13H2,1-3H3. The fraction of sp³-hybridized carbons (Fsp3) is 0.667. The number of halogens is 1. The van der Waals surface area contributed by atoms with Crippen LogP contribution in [0.15, 0.2) is 24.3 Å². The molecule has 118 valence electrons. The Morgan fingerprint density at radius 3 is 2.62 bits per heavy atom. The summed E-state index contributed by atoms with van der Waals surface area (Å²) in [6, 6.07) is 8.71. The van der Waals surface area contributed by atoms with Crippen molar-refractivity contribution in [2.45, 2.75) is 39.7 Å². The van der Waals surface area contributed by atoms with E-state index in [9.17, 15) is 0 Å². The minimum Gasteiger partial charge on any atom is -0.310 e. The van der Waals surface area contributed by atoms with E-state index in [4.69, 9.17) is 11.6 Å². The van der Waals surface area contributed by atoms with Gasteiger partial charge in [-0.2, -0.15) is 0 Å². The zero-order valence-corrected chi connectivity index (χ0v) is 14.4. The first kappa shape index (κ1) is 16.8. The van der Waals surface area contributed by atoms with E-state index in [0.717, 1.165) is 36.2 Å². The Bertz CT molecular complexity index is 425. The molecule has 1 aromatic carbocycles. The molecule has 3 atom stereocenters. The van der Waals surface area contributed by atoms with E-state index < -0.39 is 0 Å². The lowest BCUT2D eigenvalue weighted by Gasteiger charge is -2.23. The number of nitrogens with one attached hydrogen (secondary N) is 1. The van der Waals surface area contributed by atoms with Crippen molar-refractivity contribution in [3.63, 3.8) is 0 Å². The van der Waals surface area contributed by atoms with Crippen LogP contribution >= 0.6 is 11.6 Å². The Kier molecular flexibility index (Phi) is 6.53. The molecule has 1 heterocycles. The van der Waals surface area contributed by atoms with E-state index in [1.165, 1.54) is 25.2 Å². The van der Waals surface area contributed by atoms with Crippen LogP contribution in [0.5, 0.6) is 0 Å². The summed E-state index contributed by atoms with van der Waals surface area (Å²) >= 11 is 6.15. The highest BCUT2D eigenvalue weighted by atomic mass is 35.5. The predicted octanol–water partition coefficient (Wildman–Crippen LogP) is 4.36. The average molecular weight is 309 g/mol. The molecular formula is C18H29ClN2. The van der Waals surface area contributed by atoms with Gasteiger partial charge in [0.25, 0.3) is 0 Å². The molecular weight excluding hydrogens is 280 g/mol. The van der Waals surface area contributed by atoms with Gasteiger partial charge in [-0.25, -0.2) is 0 Å². The van der Waals surface area contributed by atoms with Crippen molar-refractivity contribution < 1.29 is 0 Å². The first-order valence-electron chi connectivity index (χ1n) is 8.31. The average Bonchev–Trinajstić information content (AvgIpc) is 2.78. The molecule has 1 fully saturated rings. The second kappa shape index (κ2) is 8.17. The van der Waals surface area contributed by atoms with Crippen LogP contribution in [0.3, 0.4) is 0 Å². The van der Waals surface area contributed by atoms with Crippen molar-refractivity contribution in [3.8, 4) is 0 Å². The van der Waals surface area contributed by atoms with Crippen LogP contribution in [0.1, 0.15) is 45.2 Å². The fourth-order valence-corrected chi connectivity index (χ4v) is 3.37. The van der Waals surface area contributed by atoms with E-state index in [2.05, 4.69) is 49.2 Å². The van der Waals surface area contributed by atoms with Gasteiger partial charge in [0.05, 0.1) is 0 Å². The van der Waals surface area contributed by atoms with Gasteiger partial charge in [-0.05, 0) is 55.5 Å². The minimum atomic E-state index is 0.412. The summed E-state index contributed by atoms with van der Waals surface area (Å²) in [4.78, 5) is 2.61. The number of nitrogens with zero attached hydrogens (tertiary/aromatic N) is 1. The van der Waals surface area contributed by atoms with Crippen LogP contribution in [-0.4, -0.2) is 31.1 Å². The fourth-order valence-electron chi connectivity index (χ4n) is 3.17. The van der Waals surface area contributed by atoms with Gasteiger partial charge in [-0.1, -0.05) is 44.5 Å². The Morgan fingerprint density at radius 1 is 1.29 bits per heavy atom. The van der Waals surface area contributed by atoms with Crippen LogP contribution in [0.2, 0.25) is 5.02 Å². The molecule has 21 heavy (non-hydrogen) atoms. The second-order valence-corrected chi connectivity index (χ2v) is 7.00. The molecule has 0 aliphatic carbocycles. The van der Waals surface area contributed by atoms with Gasteiger partial charge in [0.2, 0.25) is 0 Å². The van der Waals surface area contributed by atoms with Crippen molar-refractivity contribution in [1.29, 1.82) is 0 Å². The summed E-state index contributed by atoms with van der Waals surface area (Å²) < 4.78 is 0. The first-order chi connectivity index (χ1) is 10.1. The molecule has 3 heteroatoms. The van der Waals surface area contributed by atoms with Crippen molar-refractivity contribution in [2.75, 3.05) is 26.2 Å². The lowest BCUT2D eigenvalue weighted by atomic mass is 10.0. The number of hydrogen-bond donors (Lipinski definition) is 1. The molecule has 0 bridgehead atoms. The number of benzene rings is 1. The third-order valence-corrected chi connectivity index (χ3v) is 4.92. The van der Waals surface area contributed by atoms with Gasteiger partial charge in [-0.3, -0.25) is 0 Å². The van der Waals surface area contributed by atoms with E-state index in [-0.39, 0.29) is 0 Å². The highest BCUT2D eigenvalue weighted by Crippen LogP contribution is 2.25. The first-order valence-corrected chi connectivity index (χ1v) is 8.69. The van der Waals surface area contributed by atoms with Gasteiger partial charge in [0.1, 0.15) is 0 Å². The molecule has 1 saturated heterocycles. The Hall–Kier alpha value is -0.570. The van der Waals surface area contributed by atoms with E-state index in [1.54, 1.807) is 0 Å². The van der Waals surface area contributed by atoms with Gasteiger partial charge < -0.3 is 10.2 Å². The summed E-state index contributed by atoms with van der Waals surface area (Å²) in [5, 5.41) is 4.51. The maximum absolute atomic E-state index is 6.15. The topological polar surface area (TPSA) is 15.3 Å².